The SMILES string of the molecule is OCC(Cc1ccccc1)NCc1ccc(O)c(O)c1. The molecule has 0 amide bonds. The molecule has 0 aromatic heterocycles. The summed E-state index contributed by atoms with van der Waals surface area (Å²) in [5, 5.41) is 31.3. The number of phenolic OH excluding ortho intramolecular Hbond substituents is 2. The Labute approximate surface area is 118 Å². The van der Waals surface area contributed by atoms with E-state index in [1.54, 1.807) is 6.07 Å². The molecule has 0 fully saturated rings. The average molecular weight is 273 g/mol. The van der Waals surface area contributed by atoms with Crippen molar-refractivity contribution in [2.75, 3.05) is 6.61 Å². The molecule has 4 heteroatoms. The van der Waals surface area contributed by atoms with E-state index in [0.717, 1.165) is 17.5 Å². The highest BCUT2D eigenvalue weighted by Gasteiger charge is 2.08. The Morgan fingerprint density at radius 2 is 1.65 bits per heavy atom. The van der Waals surface area contributed by atoms with Gasteiger partial charge in [0.25, 0.3) is 0 Å². The van der Waals surface area contributed by atoms with Crippen LogP contribution in [-0.2, 0) is 13.0 Å². The second-order valence-corrected chi connectivity index (χ2v) is 4.77. The number of hydrogen-bond acceptors (Lipinski definition) is 4. The summed E-state index contributed by atoms with van der Waals surface area (Å²) in [6.45, 7) is 0.560. The molecule has 0 heterocycles. The van der Waals surface area contributed by atoms with Crippen molar-refractivity contribution in [3.63, 3.8) is 0 Å². The van der Waals surface area contributed by atoms with Gasteiger partial charge in [-0.3, -0.25) is 0 Å². The maximum absolute atomic E-state index is 9.43. The summed E-state index contributed by atoms with van der Waals surface area (Å²) in [7, 11) is 0. The maximum Gasteiger partial charge on any atom is 0.157 e. The van der Waals surface area contributed by atoms with E-state index in [4.69, 9.17) is 0 Å². The molecule has 1 atom stereocenters. The molecule has 0 radical (unpaired) electrons. The average Bonchev–Trinajstić information content (AvgIpc) is 2.48. The van der Waals surface area contributed by atoms with Crippen LogP contribution in [0.15, 0.2) is 48.5 Å². The summed E-state index contributed by atoms with van der Waals surface area (Å²) < 4.78 is 0. The topological polar surface area (TPSA) is 72.7 Å². The molecule has 0 saturated heterocycles. The lowest BCUT2D eigenvalue weighted by Crippen LogP contribution is -2.34. The van der Waals surface area contributed by atoms with Gasteiger partial charge in [0, 0.05) is 12.6 Å². The van der Waals surface area contributed by atoms with Crippen LogP contribution in [0, 0.1) is 0 Å². The predicted octanol–water partition coefficient (Wildman–Crippen LogP) is 1.79. The molecule has 2 rings (SSSR count). The number of nitrogens with one attached hydrogen (secondary N) is 1. The molecule has 0 aliphatic rings. The fourth-order valence-electron chi connectivity index (χ4n) is 2.04. The molecular weight excluding hydrogens is 254 g/mol. The third-order valence-electron chi connectivity index (χ3n) is 3.18. The van der Waals surface area contributed by atoms with Crippen LogP contribution in [0.1, 0.15) is 11.1 Å². The highest BCUT2D eigenvalue weighted by atomic mass is 16.3. The van der Waals surface area contributed by atoms with Crippen molar-refractivity contribution in [3.05, 3.63) is 59.7 Å². The van der Waals surface area contributed by atoms with E-state index in [0.29, 0.717) is 6.54 Å². The zero-order valence-corrected chi connectivity index (χ0v) is 11.2. The van der Waals surface area contributed by atoms with E-state index in [-0.39, 0.29) is 24.1 Å². The molecule has 2 aromatic rings. The molecule has 106 valence electrons. The second kappa shape index (κ2) is 6.93. The smallest absolute Gasteiger partial charge is 0.157 e. The molecule has 1 unspecified atom stereocenters. The van der Waals surface area contributed by atoms with Crippen LogP contribution in [0.2, 0.25) is 0 Å². The highest BCUT2D eigenvalue weighted by Crippen LogP contribution is 2.24. The van der Waals surface area contributed by atoms with Gasteiger partial charge >= 0.3 is 0 Å². The first-order chi connectivity index (χ1) is 9.69. The van der Waals surface area contributed by atoms with Crippen molar-refractivity contribution in [2.45, 2.75) is 19.0 Å². The van der Waals surface area contributed by atoms with Gasteiger partial charge in [0.15, 0.2) is 11.5 Å². The molecule has 4 N–H and O–H groups in total. The van der Waals surface area contributed by atoms with Crippen LogP contribution in [0.3, 0.4) is 0 Å². The molecule has 20 heavy (non-hydrogen) atoms. The van der Waals surface area contributed by atoms with Crippen LogP contribution >= 0.6 is 0 Å². The first-order valence-corrected chi connectivity index (χ1v) is 6.58. The quantitative estimate of drug-likeness (QED) is 0.606. The lowest BCUT2D eigenvalue weighted by Gasteiger charge is -2.16. The van der Waals surface area contributed by atoms with Gasteiger partial charge in [-0.1, -0.05) is 36.4 Å². The van der Waals surface area contributed by atoms with E-state index in [1.165, 1.54) is 12.1 Å². The summed E-state index contributed by atoms with van der Waals surface area (Å²) in [5.41, 5.74) is 2.01. The van der Waals surface area contributed by atoms with Crippen molar-refractivity contribution < 1.29 is 15.3 Å². The zero-order valence-electron chi connectivity index (χ0n) is 11.2. The number of hydrogen-bond donors (Lipinski definition) is 4. The Kier molecular flexibility index (Phi) is 4.98. The van der Waals surface area contributed by atoms with E-state index in [1.807, 2.05) is 30.3 Å². The maximum atomic E-state index is 9.43. The van der Waals surface area contributed by atoms with E-state index in [2.05, 4.69) is 5.32 Å². The molecule has 0 saturated carbocycles. The largest absolute Gasteiger partial charge is 0.504 e. The van der Waals surface area contributed by atoms with Gasteiger partial charge in [0.2, 0.25) is 0 Å². The molecular formula is C16H19NO3. The van der Waals surface area contributed by atoms with Crippen LogP contribution in [0.25, 0.3) is 0 Å². The Bertz CT molecular complexity index is 543. The van der Waals surface area contributed by atoms with Crippen molar-refractivity contribution in [1.82, 2.24) is 5.32 Å². The lowest BCUT2D eigenvalue weighted by atomic mass is 10.1. The summed E-state index contributed by atoms with van der Waals surface area (Å²) in [6, 6.07) is 14.6. The second-order valence-electron chi connectivity index (χ2n) is 4.77. The third kappa shape index (κ3) is 3.98. The number of aromatic hydroxyl groups is 2. The molecule has 0 aliphatic carbocycles. The molecule has 4 nitrogen and oxygen atoms in total. The van der Waals surface area contributed by atoms with Crippen molar-refractivity contribution in [3.8, 4) is 11.5 Å². The van der Waals surface area contributed by atoms with Gasteiger partial charge in [0.1, 0.15) is 0 Å². The summed E-state index contributed by atoms with van der Waals surface area (Å²) in [4.78, 5) is 0. The fourth-order valence-corrected chi connectivity index (χ4v) is 2.04. The number of aliphatic hydroxyl groups excluding tert-OH is 1. The Hall–Kier alpha value is -2.04. The fraction of sp³-hybridized carbons (Fsp3) is 0.250. The van der Waals surface area contributed by atoms with Gasteiger partial charge in [-0.2, -0.15) is 0 Å². The molecule has 0 bridgehead atoms. The van der Waals surface area contributed by atoms with Crippen LogP contribution in [0.5, 0.6) is 11.5 Å². The minimum Gasteiger partial charge on any atom is -0.504 e. The summed E-state index contributed by atoms with van der Waals surface area (Å²) >= 11 is 0. The van der Waals surface area contributed by atoms with E-state index in [9.17, 15) is 15.3 Å². The summed E-state index contributed by atoms with van der Waals surface area (Å²) in [5.74, 6) is -0.260. The summed E-state index contributed by atoms with van der Waals surface area (Å²) in [6.07, 6.45) is 0.738. The van der Waals surface area contributed by atoms with Crippen LogP contribution in [-0.4, -0.2) is 28.0 Å². The zero-order chi connectivity index (χ0) is 14.4. The highest BCUT2D eigenvalue weighted by molar-refractivity contribution is 5.40. The van der Waals surface area contributed by atoms with Crippen molar-refractivity contribution >= 4 is 0 Å². The predicted molar refractivity (Wildman–Crippen MR) is 77.6 cm³/mol. The Morgan fingerprint density at radius 3 is 2.30 bits per heavy atom. The van der Waals surface area contributed by atoms with E-state index >= 15 is 0 Å². The minimum atomic E-state index is -0.132. The Balaban J connectivity index is 1.92. The van der Waals surface area contributed by atoms with E-state index < -0.39 is 0 Å². The monoisotopic (exact) mass is 273 g/mol. The lowest BCUT2D eigenvalue weighted by molar-refractivity contribution is 0.240. The molecule has 2 aromatic carbocycles. The standard InChI is InChI=1S/C16H19NO3/c18-11-14(8-12-4-2-1-3-5-12)17-10-13-6-7-15(19)16(20)9-13/h1-7,9,14,17-20H,8,10-11H2. The van der Waals surface area contributed by atoms with Crippen molar-refractivity contribution in [1.29, 1.82) is 0 Å². The van der Waals surface area contributed by atoms with Gasteiger partial charge in [0.05, 0.1) is 6.61 Å². The number of benzene rings is 2. The number of aliphatic hydroxyl groups is 1. The van der Waals surface area contributed by atoms with Crippen LogP contribution < -0.4 is 5.32 Å². The number of phenols is 2. The van der Waals surface area contributed by atoms with Gasteiger partial charge in [-0.25, -0.2) is 0 Å². The molecule has 0 aliphatic heterocycles. The third-order valence-corrected chi connectivity index (χ3v) is 3.18. The minimum absolute atomic E-state index is 0.0406. The first-order valence-electron chi connectivity index (χ1n) is 6.58. The van der Waals surface area contributed by atoms with Crippen LogP contribution in [0.4, 0.5) is 0 Å². The van der Waals surface area contributed by atoms with Gasteiger partial charge in [-0.15, -0.1) is 0 Å². The Morgan fingerprint density at radius 1 is 0.900 bits per heavy atom. The first kappa shape index (κ1) is 14.4. The molecule has 0 spiro atoms. The number of rotatable bonds is 6. The van der Waals surface area contributed by atoms with Crippen molar-refractivity contribution in [2.24, 2.45) is 0 Å². The van der Waals surface area contributed by atoms with Gasteiger partial charge < -0.3 is 20.6 Å². The normalized spacial score (nSPS) is 12.2. The van der Waals surface area contributed by atoms with Gasteiger partial charge in [-0.05, 0) is 29.7 Å².